The molecule has 0 spiro atoms. The number of carbonyl (C=O) groups excluding carboxylic acids is 1. The molecule has 0 N–H and O–H groups in total. The number of rotatable bonds is 16. The summed E-state index contributed by atoms with van der Waals surface area (Å²) in [7, 11) is 0. The van der Waals surface area contributed by atoms with E-state index in [0.717, 1.165) is 43.2 Å². The Kier molecular flexibility index (Phi) is 25.3. The van der Waals surface area contributed by atoms with Gasteiger partial charge in [0.2, 0.25) is 0 Å². The monoisotopic (exact) mass is 754 g/mol. The van der Waals surface area contributed by atoms with E-state index in [0.29, 0.717) is 18.6 Å². The maximum absolute atomic E-state index is 12.1. The van der Waals surface area contributed by atoms with Gasteiger partial charge in [-0.05, 0) is 95.9 Å². The van der Waals surface area contributed by atoms with Crippen LogP contribution in [0, 0.1) is 41.5 Å². The number of hydrogen-bond donors (Lipinski definition) is 0. The molecular weight excluding hydrogens is 687 g/mol. The van der Waals surface area contributed by atoms with Crippen molar-refractivity contribution in [2.45, 2.75) is 152 Å². The minimum atomic E-state index is 0. The van der Waals surface area contributed by atoms with Crippen LogP contribution < -0.4 is 18.9 Å². The van der Waals surface area contributed by atoms with Gasteiger partial charge in [-0.2, -0.15) is 0 Å². The zero-order chi connectivity index (χ0) is 36.3. The fourth-order valence-electron chi connectivity index (χ4n) is 6.79. The summed E-state index contributed by atoms with van der Waals surface area (Å²) < 4.78 is 4.94. The second-order valence-electron chi connectivity index (χ2n) is 14.2. The number of aromatic nitrogens is 2. The summed E-state index contributed by atoms with van der Waals surface area (Å²) in [4.78, 5) is 21.7. The standard InChI is InChI=1S/C20H27NOS.C20H29NS.C4H8O.Al.Li.4H/c1-5-6-7-8-9-17(22)12-19-21-18(13-23-19)20-15(3)10-14(2)11-16(20)4;1-5-6-7-8-9-10-11-19-21-18(14-22-19)20-16(3)12-15(2)13-17(20)4;1-2-4-5-3-1;;;;;;/h10-11,13H,5-9,12H2,1-4H3;12-14H,5-11H2,1-4H3;1-4H2;;;;;;/q;;;;+1;;;;-1. The normalized spacial score (nSPS) is 11.8. The van der Waals surface area contributed by atoms with Gasteiger partial charge in [0.05, 0.1) is 22.8 Å². The van der Waals surface area contributed by atoms with Crippen LogP contribution in [0.15, 0.2) is 35.0 Å². The molecule has 1 saturated heterocycles. The average molecular weight is 755 g/mol. The number of benzene rings is 2. The van der Waals surface area contributed by atoms with Gasteiger partial charge in [-0.3, -0.25) is 4.79 Å². The zero-order valence-corrected chi connectivity index (χ0v) is 35.1. The summed E-state index contributed by atoms with van der Waals surface area (Å²) in [5, 5.41) is 6.56. The van der Waals surface area contributed by atoms with Crippen LogP contribution in [-0.2, 0) is 22.4 Å². The molecule has 4 nitrogen and oxygen atoms in total. The van der Waals surface area contributed by atoms with E-state index in [-0.39, 0.29) is 37.6 Å². The van der Waals surface area contributed by atoms with Crippen LogP contribution in [0.1, 0.15) is 142 Å². The van der Waals surface area contributed by atoms with Gasteiger partial charge in [0.15, 0.2) is 17.4 Å². The van der Waals surface area contributed by atoms with Gasteiger partial charge >= 0.3 is 18.9 Å². The first-order valence-corrected chi connectivity index (χ1v) is 21.0. The number of ether oxygens (including phenoxy) is 1. The Morgan fingerprint density at radius 2 is 1.08 bits per heavy atom. The number of nitrogens with zero attached hydrogens (tertiary/aromatic N) is 2. The molecule has 52 heavy (non-hydrogen) atoms. The topological polar surface area (TPSA) is 52.1 Å². The van der Waals surface area contributed by atoms with Crippen molar-refractivity contribution < 1.29 is 29.8 Å². The first-order chi connectivity index (χ1) is 24.1. The van der Waals surface area contributed by atoms with E-state index in [1.165, 1.54) is 119 Å². The van der Waals surface area contributed by atoms with Crippen molar-refractivity contribution in [1.82, 2.24) is 9.97 Å². The van der Waals surface area contributed by atoms with Gasteiger partial charge in [-0.25, -0.2) is 9.97 Å². The molecular formula is C44H68AlLiN2O2S2. The predicted molar refractivity (Wildman–Crippen MR) is 229 cm³/mol. The largest absolute Gasteiger partial charge is 1.00 e. The van der Waals surface area contributed by atoms with Crippen LogP contribution in [0.5, 0.6) is 0 Å². The van der Waals surface area contributed by atoms with Crippen molar-refractivity contribution in [3.05, 3.63) is 78.4 Å². The summed E-state index contributed by atoms with van der Waals surface area (Å²) in [6, 6.07) is 8.91. The van der Waals surface area contributed by atoms with E-state index >= 15 is 0 Å². The van der Waals surface area contributed by atoms with Crippen LogP contribution in [-0.4, -0.2) is 46.3 Å². The molecule has 0 bridgehead atoms. The van der Waals surface area contributed by atoms with Crippen LogP contribution >= 0.6 is 22.7 Å². The number of thiazole rings is 2. The van der Waals surface area contributed by atoms with Gasteiger partial charge < -0.3 is 6.16 Å². The Morgan fingerprint density at radius 1 is 0.654 bits per heavy atom. The van der Waals surface area contributed by atoms with E-state index in [9.17, 15) is 4.79 Å². The van der Waals surface area contributed by atoms with Crippen LogP contribution in [0.4, 0.5) is 0 Å². The van der Waals surface area contributed by atoms with Gasteiger partial charge in [0.1, 0.15) is 10.8 Å². The molecule has 2 aromatic heterocycles. The quantitative estimate of drug-likeness (QED) is 0.0846. The van der Waals surface area contributed by atoms with Crippen molar-refractivity contribution in [2.75, 3.05) is 13.2 Å². The van der Waals surface area contributed by atoms with Crippen LogP contribution in [0.25, 0.3) is 22.5 Å². The average Bonchev–Trinajstić information content (AvgIpc) is 3.86. The summed E-state index contributed by atoms with van der Waals surface area (Å²) in [5.74, 6) is 0.319. The molecule has 3 heterocycles. The minimum absolute atomic E-state index is 0. The molecule has 4 aromatic rings. The van der Waals surface area contributed by atoms with Crippen molar-refractivity contribution in [1.29, 1.82) is 0 Å². The summed E-state index contributed by atoms with van der Waals surface area (Å²) >= 11 is 3.43. The Labute approximate surface area is 349 Å². The number of carbonyl (C=O) groups is 1. The molecule has 1 aliphatic rings. The summed E-state index contributed by atoms with van der Waals surface area (Å²) in [6.07, 6.45) is 17.6. The second kappa shape index (κ2) is 27.1. The Hall–Kier alpha value is -1.54. The third-order valence-corrected chi connectivity index (χ3v) is 11.0. The molecule has 5 rings (SSSR count). The Balaban J connectivity index is 0.000000856. The van der Waals surface area contributed by atoms with Crippen molar-refractivity contribution in [3.8, 4) is 22.5 Å². The molecule has 282 valence electrons. The molecule has 0 saturated carbocycles. The number of Topliss-reactive ketones (excluding diaryl/α,β-unsaturated/α-hetero) is 1. The smallest absolute Gasteiger partial charge is 1.00 e. The minimum Gasteiger partial charge on any atom is -1.00 e. The van der Waals surface area contributed by atoms with Gasteiger partial charge in [-0.1, -0.05) is 101 Å². The number of unbranched alkanes of at least 4 members (excludes halogenated alkanes) is 8. The van der Waals surface area contributed by atoms with E-state index < -0.39 is 0 Å². The SMILES string of the molecule is C1CCOC1.CCCCCCC(=O)Cc1nc(-c2c(C)cc(C)cc2C)cs1.CCCCCCCCc1nc(-c2c(C)cc(C)cc2C)cs1.[AlH3].[H-].[Li+]. The molecule has 0 amide bonds. The second-order valence-corrected chi connectivity index (χ2v) is 16.0. The van der Waals surface area contributed by atoms with Crippen molar-refractivity contribution in [2.24, 2.45) is 0 Å². The molecule has 2 aromatic carbocycles. The molecule has 0 radical (unpaired) electrons. The van der Waals surface area contributed by atoms with Gasteiger partial charge in [-0.15, -0.1) is 22.7 Å². The Morgan fingerprint density at radius 3 is 1.54 bits per heavy atom. The molecule has 1 fully saturated rings. The molecule has 1 aliphatic heterocycles. The number of ketones is 1. The van der Waals surface area contributed by atoms with E-state index in [1.807, 2.05) is 11.3 Å². The van der Waals surface area contributed by atoms with E-state index in [2.05, 4.69) is 90.4 Å². The third-order valence-electron chi connectivity index (χ3n) is 9.20. The molecule has 8 heteroatoms. The van der Waals surface area contributed by atoms with Crippen LogP contribution in [0.2, 0.25) is 0 Å². The Bertz CT molecular complexity index is 1550. The van der Waals surface area contributed by atoms with Crippen molar-refractivity contribution >= 4 is 45.8 Å². The fourth-order valence-corrected chi connectivity index (χ4v) is 8.43. The molecule has 0 unspecified atom stereocenters. The predicted octanol–water partition coefficient (Wildman–Crippen LogP) is 9.19. The third kappa shape index (κ3) is 17.3. The first-order valence-electron chi connectivity index (χ1n) is 19.3. The maximum Gasteiger partial charge on any atom is 1.00 e. The fraction of sp³-hybridized carbons (Fsp3) is 0.568. The van der Waals surface area contributed by atoms with Gasteiger partial charge in [0.25, 0.3) is 0 Å². The number of hydrogen-bond acceptors (Lipinski definition) is 6. The molecule has 0 atom stereocenters. The van der Waals surface area contributed by atoms with Gasteiger partial charge in [0, 0.05) is 41.5 Å². The summed E-state index contributed by atoms with van der Waals surface area (Å²) in [6.45, 7) is 19.4. The zero-order valence-electron chi connectivity index (χ0n) is 34.5. The maximum atomic E-state index is 12.1. The first kappa shape index (κ1) is 48.5. The number of aryl methyl sites for hydroxylation is 7. The van der Waals surface area contributed by atoms with Crippen LogP contribution in [0.3, 0.4) is 0 Å². The molecule has 0 aliphatic carbocycles. The summed E-state index contributed by atoms with van der Waals surface area (Å²) in [5.41, 5.74) is 12.5. The van der Waals surface area contributed by atoms with E-state index in [1.54, 1.807) is 11.3 Å². The van der Waals surface area contributed by atoms with E-state index in [4.69, 9.17) is 14.7 Å². The van der Waals surface area contributed by atoms with Crippen molar-refractivity contribution in [3.63, 3.8) is 0 Å².